The third-order valence-corrected chi connectivity index (χ3v) is 5.29. The van der Waals surface area contributed by atoms with Gasteiger partial charge < -0.3 is 10.1 Å². The molecule has 0 saturated heterocycles. The molecule has 1 amide bonds. The first-order valence-corrected chi connectivity index (χ1v) is 10.3. The summed E-state index contributed by atoms with van der Waals surface area (Å²) < 4.78 is 44.3. The van der Waals surface area contributed by atoms with Gasteiger partial charge in [-0.1, -0.05) is 24.6 Å². The molecular weight excluding hydrogens is 395 g/mol. The molecule has 0 spiro atoms. The van der Waals surface area contributed by atoms with E-state index in [9.17, 15) is 17.6 Å². The van der Waals surface area contributed by atoms with Gasteiger partial charge in [0.05, 0.1) is 24.1 Å². The largest absolute Gasteiger partial charge is 0.497 e. The lowest BCUT2D eigenvalue weighted by Gasteiger charge is -2.30. The fourth-order valence-corrected chi connectivity index (χ4v) is 3.99. The van der Waals surface area contributed by atoms with Crippen molar-refractivity contribution < 1.29 is 22.3 Å². The molecule has 1 atom stereocenters. The third-order valence-electron chi connectivity index (χ3n) is 3.82. The van der Waals surface area contributed by atoms with Gasteiger partial charge in [0, 0.05) is 11.8 Å². The number of ether oxygens (including phenoxy) is 1. The van der Waals surface area contributed by atoms with E-state index < -0.39 is 27.8 Å². The minimum Gasteiger partial charge on any atom is -0.497 e. The maximum atomic E-state index is 13.5. The molecule has 0 aliphatic heterocycles. The molecule has 0 heterocycles. The van der Waals surface area contributed by atoms with Crippen LogP contribution in [0.4, 0.5) is 15.8 Å². The topological polar surface area (TPSA) is 75.7 Å². The van der Waals surface area contributed by atoms with Gasteiger partial charge in [0.1, 0.15) is 17.6 Å². The monoisotopic (exact) mass is 414 g/mol. The number of nitrogens with zero attached hydrogens (tertiary/aromatic N) is 1. The van der Waals surface area contributed by atoms with Crippen LogP contribution in [0, 0.1) is 5.82 Å². The van der Waals surface area contributed by atoms with Gasteiger partial charge in [-0.3, -0.25) is 9.10 Å². The number of methoxy groups -OCH3 is 1. The van der Waals surface area contributed by atoms with Crippen LogP contribution in [0.1, 0.15) is 13.3 Å². The van der Waals surface area contributed by atoms with E-state index in [0.29, 0.717) is 11.4 Å². The summed E-state index contributed by atoms with van der Waals surface area (Å²) >= 11 is 5.79. The number of halogens is 2. The number of carbonyl (C=O) groups is 1. The van der Waals surface area contributed by atoms with Gasteiger partial charge in [-0.25, -0.2) is 12.8 Å². The van der Waals surface area contributed by atoms with Crippen molar-refractivity contribution in [2.24, 2.45) is 0 Å². The van der Waals surface area contributed by atoms with E-state index in [1.807, 2.05) is 0 Å². The molecule has 27 heavy (non-hydrogen) atoms. The molecule has 1 unspecified atom stereocenters. The minimum absolute atomic E-state index is 0.108. The van der Waals surface area contributed by atoms with Gasteiger partial charge in [0.25, 0.3) is 0 Å². The molecule has 0 aliphatic rings. The Kier molecular flexibility index (Phi) is 6.67. The molecule has 0 radical (unpaired) electrons. The van der Waals surface area contributed by atoms with Gasteiger partial charge >= 0.3 is 0 Å². The standard InChI is InChI=1S/C18H20ClFN2O4S/c1-4-17(18(23)21-12-6-5-7-14(10-12)26-2)22(27(3,24)25)13-8-9-16(20)15(19)11-13/h5-11,17H,4H2,1-3H3,(H,21,23). The Morgan fingerprint density at radius 2 is 2.00 bits per heavy atom. The Balaban J connectivity index is 2.39. The van der Waals surface area contributed by atoms with Crippen molar-refractivity contribution in [1.82, 2.24) is 0 Å². The Bertz CT molecular complexity index is 937. The fourth-order valence-electron chi connectivity index (χ4n) is 2.61. The Morgan fingerprint density at radius 1 is 1.30 bits per heavy atom. The smallest absolute Gasteiger partial charge is 0.248 e. The number of hydrogen-bond donors (Lipinski definition) is 1. The number of nitrogens with one attached hydrogen (secondary N) is 1. The number of amides is 1. The first-order valence-electron chi connectivity index (χ1n) is 8.06. The molecule has 6 nitrogen and oxygen atoms in total. The summed E-state index contributed by atoms with van der Waals surface area (Å²) in [6.45, 7) is 1.68. The number of hydrogen-bond acceptors (Lipinski definition) is 4. The van der Waals surface area contributed by atoms with Crippen LogP contribution in [-0.4, -0.2) is 33.7 Å². The van der Waals surface area contributed by atoms with Crippen LogP contribution in [0.2, 0.25) is 5.02 Å². The summed E-state index contributed by atoms with van der Waals surface area (Å²) in [5, 5.41) is 2.45. The van der Waals surface area contributed by atoms with Crippen molar-refractivity contribution in [2.75, 3.05) is 23.0 Å². The van der Waals surface area contributed by atoms with E-state index in [-0.39, 0.29) is 17.1 Å². The zero-order valence-corrected chi connectivity index (χ0v) is 16.6. The van der Waals surface area contributed by atoms with Crippen molar-refractivity contribution in [3.05, 3.63) is 53.3 Å². The lowest BCUT2D eigenvalue weighted by atomic mass is 10.1. The SMILES string of the molecule is CCC(C(=O)Nc1cccc(OC)c1)N(c1ccc(F)c(Cl)c1)S(C)(=O)=O. The van der Waals surface area contributed by atoms with Crippen LogP contribution in [-0.2, 0) is 14.8 Å². The summed E-state index contributed by atoms with van der Waals surface area (Å²) in [7, 11) is -2.34. The second-order valence-corrected chi connectivity index (χ2v) is 8.07. The molecular formula is C18H20ClFN2O4S. The minimum atomic E-state index is -3.84. The van der Waals surface area contributed by atoms with E-state index in [1.165, 1.54) is 19.2 Å². The van der Waals surface area contributed by atoms with Gasteiger partial charge in [-0.15, -0.1) is 0 Å². The lowest BCUT2D eigenvalue weighted by molar-refractivity contribution is -0.117. The summed E-state index contributed by atoms with van der Waals surface area (Å²) in [6, 6.07) is 9.15. The van der Waals surface area contributed by atoms with Crippen LogP contribution in [0.3, 0.4) is 0 Å². The van der Waals surface area contributed by atoms with Gasteiger partial charge in [0.15, 0.2) is 0 Å². The quantitative estimate of drug-likeness (QED) is 0.750. The lowest BCUT2D eigenvalue weighted by Crippen LogP contribution is -2.47. The highest BCUT2D eigenvalue weighted by Gasteiger charge is 2.32. The third kappa shape index (κ3) is 5.11. The molecule has 146 valence electrons. The summed E-state index contributed by atoms with van der Waals surface area (Å²) in [5.74, 6) is -0.662. The van der Waals surface area contributed by atoms with Gasteiger partial charge in [-0.2, -0.15) is 0 Å². The maximum Gasteiger partial charge on any atom is 0.248 e. The maximum absolute atomic E-state index is 13.5. The van der Waals surface area contributed by atoms with E-state index in [0.717, 1.165) is 16.6 Å². The van der Waals surface area contributed by atoms with Crippen molar-refractivity contribution in [3.8, 4) is 5.75 Å². The molecule has 0 aliphatic carbocycles. The normalized spacial score (nSPS) is 12.3. The predicted octanol–water partition coefficient (Wildman–Crippen LogP) is 3.67. The highest BCUT2D eigenvalue weighted by Crippen LogP contribution is 2.28. The van der Waals surface area contributed by atoms with Crippen molar-refractivity contribution in [1.29, 1.82) is 0 Å². The van der Waals surface area contributed by atoms with Crippen LogP contribution in [0.25, 0.3) is 0 Å². The Labute approximate surface area is 162 Å². The zero-order chi connectivity index (χ0) is 20.2. The number of benzene rings is 2. The van der Waals surface area contributed by atoms with E-state index in [2.05, 4.69) is 5.32 Å². The van der Waals surface area contributed by atoms with E-state index in [4.69, 9.17) is 16.3 Å². The second-order valence-electron chi connectivity index (χ2n) is 5.80. The summed E-state index contributed by atoms with van der Waals surface area (Å²) in [6.07, 6.45) is 1.17. The fraction of sp³-hybridized carbons (Fsp3) is 0.278. The van der Waals surface area contributed by atoms with E-state index >= 15 is 0 Å². The zero-order valence-electron chi connectivity index (χ0n) is 15.1. The molecule has 0 fully saturated rings. The van der Waals surface area contributed by atoms with Crippen molar-refractivity contribution in [3.63, 3.8) is 0 Å². The average Bonchev–Trinajstić information content (AvgIpc) is 2.61. The molecule has 0 bridgehead atoms. The van der Waals surface area contributed by atoms with Gasteiger partial charge in [0.2, 0.25) is 15.9 Å². The highest BCUT2D eigenvalue weighted by molar-refractivity contribution is 7.92. The van der Waals surface area contributed by atoms with Crippen LogP contribution >= 0.6 is 11.6 Å². The van der Waals surface area contributed by atoms with Crippen LogP contribution in [0.5, 0.6) is 5.75 Å². The molecule has 0 saturated carbocycles. The first-order chi connectivity index (χ1) is 12.7. The number of sulfonamides is 1. The number of rotatable bonds is 7. The van der Waals surface area contributed by atoms with Crippen molar-refractivity contribution >= 4 is 38.9 Å². The molecule has 9 heteroatoms. The number of anilines is 2. The molecule has 2 aromatic carbocycles. The Hall–Kier alpha value is -2.32. The Morgan fingerprint density at radius 3 is 2.56 bits per heavy atom. The van der Waals surface area contributed by atoms with Crippen LogP contribution in [0.15, 0.2) is 42.5 Å². The summed E-state index contributed by atoms with van der Waals surface area (Å²) in [4.78, 5) is 12.8. The van der Waals surface area contributed by atoms with Gasteiger partial charge in [-0.05, 0) is 36.8 Å². The molecule has 2 aromatic rings. The second kappa shape index (κ2) is 8.58. The predicted molar refractivity (Wildman–Crippen MR) is 104 cm³/mol. The first kappa shape index (κ1) is 21.0. The van der Waals surface area contributed by atoms with Crippen molar-refractivity contribution in [2.45, 2.75) is 19.4 Å². The van der Waals surface area contributed by atoms with Crippen LogP contribution < -0.4 is 14.4 Å². The number of carbonyl (C=O) groups excluding carboxylic acids is 1. The molecule has 0 aromatic heterocycles. The molecule has 1 N–H and O–H groups in total. The average molecular weight is 415 g/mol. The van der Waals surface area contributed by atoms with E-state index in [1.54, 1.807) is 31.2 Å². The highest BCUT2D eigenvalue weighted by atomic mass is 35.5. The molecule has 2 rings (SSSR count). The summed E-state index contributed by atoms with van der Waals surface area (Å²) in [5.41, 5.74) is 0.569.